The van der Waals surface area contributed by atoms with Crippen LogP contribution in [-0.4, -0.2) is 41.7 Å². The van der Waals surface area contributed by atoms with E-state index >= 15 is 0 Å². The van der Waals surface area contributed by atoms with Crippen LogP contribution in [0.5, 0.6) is 0 Å². The summed E-state index contributed by atoms with van der Waals surface area (Å²) in [7, 11) is 1.45. The smallest absolute Gasteiger partial charge is 0.335 e. The van der Waals surface area contributed by atoms with Gasteiger partial charge in [0.1, 0.15) is 6.04 Å². The molecule has 0 bridgehead atoms. The fourth-order valence-electron chi connectivity index (χ4n) is 1.27. The van der Waals surface area contributed by atoms with E-state index in [2.05, 4.69) is 10.3 Å². The van der Waals surface area contributed by atoms with Crippen molar-refractivity contribution in [3.63, 3.8) is 0 Å². The molecule has 1 aromatic rings. The van der Waals surface area contributed by atoms with Gasteiger partial charge in [-0.3, -0.25) is 9.78 Å². The van der Waals surface area contributed by atoms with E-state index in [1.807, 2.05) is 0 Å². The Balaban J connectivity index is 2.55. The molecule has 0 saturated heterocycles. The van der Waals surface area contributed by atoms with Crippen LogP contribution in [0.3, 0.4) is 0 Å². The SMILES string of the molecule is COCC(N)C(=O)NCc1cc(C(=O)O)ccn1. The van der Waals surface area contributed by atoms with Crippen LogP contribution in [0.1, 0.15) is 16.1 Å². The number of carbonyl (C=O) groups is 2. The Hall–Kier alpha value is -1.99. The highest BCUT2D eigenvalue weighted by atomic mass is 16.5. The van der Waals surface area contributed by atoms with Crippen LogP contribution in [0.4, 0.5) is 0 Å². The zero-order valence-electron chi connectivity index (χ0n) is 9.92. The number of nitrogens with two attached hydrogens (primary N) is 1. The topological polar surface area (TPSA) is 115 Å². The van der Waals surface area contributed by atoms with Gasteiger partial charge in [-0.15, -0.1) is 0 Å². The number of carbonyl (C=O) groups excluding carboxylic acids is 1. The highest BCUT2D eigenvalue weighted by molar-refractivity contribution is 5.87. The minimum Gasteiger partial charge on any atom is -0.478 e. The second-order valence-corrected chi connectivity index (χ2v) is 3.62. The molecule has 1 aromatic heterocycles. The number of methoxy groups -OCH3 is 1. The summed E-state index contributed by atoms with van der Waals surface area (Å²) in [6.45, 7) is 0.242. The highest BCUT2D eigenvalue weighted by Crippen LogP contribution is 2.01. The zero-order valence-corrected chi connectivity index (χ0v) is 9.92. The third-order valence-corrected chi connectivity index (χ3v) is 2.19. The zero-order chi connectivity index (χ0) is 13.5. The standard InChI is InChI=1S/C11H15N3O4/c1-18-6-9(12)10(15)14-5-8-4-7(11(16)17)2-3-13-8/h2-4,9H,5-6,12H2,1H3,(H,14,15)(H,16,17). The summed E-state index contributed by atoms with van der Waals surface area (Å²) in [5.74, 6) is -1.42. The van der Waals surface area contributed by atoms with Gasteiger partial charge in [0.15, 0.2) is 0 Å². The van der Waals surface area contributed by atoms with Crippen LogP contribution in [-0.2, 0) is 16.1 Å². The summed E-state index contributed by atoms with van der Waals surface area (Å²) in [6, 6.07) is 2.02. The van der Waals surface area contributed by atoms with Gasteiger partial charge in [-0.25, -0.2) is 4.79 Å². The number of nitrogens with zero attached hydrogens (tertiary/aromatic N) is 1. The predicted octanol–water partition coefficient (Wildman–Crippen LogP) is -0.630. The van der Waals surface area contributed by atoms with E-state index in [1.54, 1.807) is 0 Å². The molecular formula is C11H15N3O4. The summed E-state index contributed by atoms with van der Waals surface area (Å²) in [5.41, 5.74) is 6.09. The van der Waals surface area contributed by atoms with Gasteiger partial charge in [0, 0.05) is 13.3 Å². The minimum absolute atomic E-state index is 0.119. The molecule has 7 heteroatoms. The Kier molecular flexibility index (Phi) is 5.22. The van der Waals surface area contributed by atoms with E-state index in [0.29, 0.717) is 5.69 Å². The molecule has 98 valence electrons. The minimum atomic E-state index is -1.04. The first-order valence-corrected chi connectivity index (χ1v) is 5.25. The Labute approximate surface area is 104 Å². The molecule has 0 fully saturated rings. The summed E-state index contributed by atoms with van der Waals surface area (Å²) in [4.78, 5) is 26.1. The van der Waals surface area contributed by atoms with Crippen molar-refractivity contribution in [1.82, 2.24) is 10.3 Å². The Bertz CT molecular complexity index is 436. The second kappa shape index (κ2) is 6.67. The van der Waals surface area contributed by atoms with Crippen LogP contribution < -0.4 is 11.1 Å². The number of carboxylic acid groups (broad SMARTS) is 1. The quantitative estimate of drug-likeness (QED) is 0.622. The molecule has 1 heterocycles. The number of ether oxygens (including phenoxy) is 1. The van der Waals surface area contributed by atoms with Gasteiger partial charge in [-0.1, -0.05) is 0 Å². The molecule has 0 aliphatic heterocycles. The molecule has 1 unspecified atom stereocenters. The predicted molar refractivity (Wildman–Crippen MR) is 62.9 cm³/mol. The second-order valence-electron chi connectivity index (χ2n) is 3.62. The third-order valence-electron chi connectivity index (χ3n) is 2.19. The number of pyridine rings is 1. The van der Waals surface area contributed by atoms with Crippen LogP contribution in [0, 0.1) is 0 Å². The molecule has 18 heavy (non-hydrogen) atoms. The molecule has 1 rings (SSSR count). The van der Waals surface area contributed by atoms with E-state index in [9.17, 15) is 9.59 Å². The van der Waals surface area contributed by atoms with Crippen molar-refractivity contribution in [3.8, 4) is 0 Å². The number of amides is 1. The van der Waals surface area contributed by atoms with Gasteiger partial charge in [-0.2, -0.15) is 0 Å². The first kappa shape index (κ1) is 14.1. The van der Waals surface area contributed by atoms with E-state index in [0.717, 1.165) is 0 Å². The van der Waals surface area contributed by atoms with Crippen LogP contribution in [0.2, 0.25) is 0 Å². The number of hydrogen-bond donors (Lipinski definition) is 3. The van der Waals surface area contributed by atoms with Crippen LogP contribution in [0.15, 0.2) is 18.3 Å². The molecular weight excluding hydrogens is 238 g/mol. The Morgan fingerprint density at radius 2 is 2.33 bits per heavy atom. The number of rotatable bonds is 6. The van der Waals surface area contributed by atoms with Gasteiger partial charge >= 0.3 is 5.97 Å². The molecule has 4 N–H and O–H groups in total. The average Bonchev–Trinajstić information content (AvgIpc) is 2.36. The normalized spacial score (nSPS) is 11.9. The first-order valence-electron chi connectivity index (χ1n) is 5.25. The largest absolute Gasteiger partial charge is 0.478 e. The molecule has 0 spiro atoms. The lowest BCUT2D eigenvalue weighted by Crippen LogP contribution is -2.43. The number of carboxylic acids is 1. The lowest BCUT2D eigenvalue weighted by Gasteiger charge is -2.10. The van der Waals surface area contributed by atoms with Gasteiger partial charge in [0.05, 0.1) is 24.4 Å². The third kappa shape index (κ3) is 4.11. The Morgan fingerprint density at radius 1 is 1.61 bits per heavy atom. The van der Waals surface area contributed by atoms with E-state index in [1.165, 1.54) is 25.4 Å². The van der Waals surface area contributed by atoms with Gasteiger partial charge in [-0.05, 0) is 12.1 Å². The molecule has 0 aliphatic rings. The number of aromatic nitrogens is 1. The maximum Gasteiger partial charge on any atom is 0.335 e. The van der Waals surface area contributed by atoms with E-state index in [4.69, 9.17) is 15.6 Å². The average molecular weight is 253 g/mol. The summed E-state index contributed by atoms with van der Waals surface area (Å²) < 4.78 is 4.75. The monoisotopic (exact) mass is 253 g/mol. The van der Waals surface area contributed by atoms with Crippen LogP contribution >= 0.6 is 0 Å². The maximum absolute atomic E-state index is 11.5. The van der Waals surface area contributed by atoms with E-state index < -0.39 is 12.0 Å². The molecule has 1 atom stereocenters. The fourth-order valence-corrected chi connectivity index (χ4v) is 1.27. The van der Waals surface area contributed by atoms with Gasteiger partial charge < -0.3 is 20.9 Å². The molecule has 0 aromatic carbocycles. The highest BCUT2D eigenvalue weighted by Gasteiger charge is 2.13. The lowest BCUT2D eigenvalue weighted by molar-refractivity contribution is -0.123. The van der Waals surface area contributed by atoms with Crippen molar-refractivity contribution >= 4 is 11.9 Å². The molecule has 1 amide bonds. The molecule has 0 saturated carbocycles. The molecule has 0 aliphatic carbocycles. The van der Waals surface area contributed by atoms with Crippen molar-refractivity contribution in [2.75, 3.05) is 13.7 Å². The first-order chi connectivity index (χ1) is 8.54. The summed E-state index contributed by atoms with van der Waals surface area (Å²) in [5, 5.41) is 11.3. The van der Waals surface area contributed by atoms with Crippen LogP contribution in [0.25, 0.3) is 0 Å². The van der Waals surface area contributed by atoms with Crippen molar-refractivity contribution in [2.24, 2.45) is 5.73 Å². The van der Waals surface area contributed by atoms with E-state index in [-0.39, 0.29) is 24.6 Å². The fraction of sp³-hybridized carbons (Fsp3) is 0.364. The summed E-state index contributed by atoms with van der Waals surface area (Å²) in [6.07, 6.45) is 1.38. The van der Waals surface area contributed by atoms with Gasteiger partial charge in [0.2, 0.25) is 5.91 Å². The number of aromatic carboxylic acids is 1. The Morgan fingerprint density at radius 3 is 2.94 bits per heavy atom. The molecule has 0 radical (unpaired) electrons. The lowest BCUT2D eigenvalue weighted by atomic mass is 10.2. The van der Waals surface area contributed by atoms with Crippen molar-refractivity contribution in [3.05, 3.63) is 29.6 Å². The van der Waals surface area contributed by atoms with Gasteiger partial charge in [0.25, 0.3) is 0 Å². The van der Waals surface area contributed by atoms with Crippen molar-refractivity contribution < 1.29 is 19.4 Å². The number of hydrogen-bond acceptors (Lipinski definition) is 5. The van der Waals surface area contributed by atoms with Crippen molar-refractivity contribution in [1.29, 1.82) is 0 Å². The maximum atomic E-state index is 11.5. The summed E-state index contributed by atoms with van der Waals surface area (Å²) >= 11 is 0. The van der Waals surface area contributed by atoms with Crippen molar-refractivity contribution in [2.45, 2.75) is 12.6 Å². The molecule has 7 nitrogen and oxygen atoms in total. The number of nitrogens with one attached hydrogen (secondary N) is 1.